The predicted octanol–water partition coefficient (Wildman–Crippen LogP) is 3.39. The molecule has 154 valence electrons. The smallest absolute Gasteiger partial charge is 0.157 e. The zero-order chi connectivity index (χ0) is 20.7. The molecule has 29 heavy (non-hydrogen) atoms. The second-order valence-electron chi connectivity index (χ2n) is 8.50. The highest BCUT2D eigenvalue weighted by atomic mass is 15.3. The van der Waals surface area contributed by atoms with Crippen LogP contribution in [0.4, 0.5) is 5.82 Å². The first kappa shape index (κ1) is 19.6. The molecule has 3 aromatic rings. The molecule has 0 aromatic carbocycles. The second kappa shape index (κ2) is 7.63. The van der Waals surface area contributed by atoms with Gasteiger partial charge in [-0.05, 0) is 47.1 Å². The lowest BCUT2D eigenvalue weighted by Gasteiger charge is -2.32. The fourth-order valence-corrected chi connectivity index (χ4v) is 4.38. The first-order valence-corrected chi connectivity index (χ1v) is 10.3. The Morgan fingerprint density at radius 3 is 2.79 bits per heavy atom. The van der Waals surface area contributed by atoms with Crippen molar-refractivity contribution in [2.75, 3.05) is 18.8 Å². The van der Waals surface area contributed by atoms with Crippen LogP contribution >= 0.6 is 0 Å². The average Bonchev–Trinajstić information content (AvgIpc) is 3.16. The van der Waals surface area contributed by atoms with E-state index < -0.39 is 0 Å². The summed E-state index contributed by atoms with van der Waals surface area (Å²) in [4.78, 5) is 7.39. The van der Waals surface area contributed by atoms with Crippen molar-refractivity contribution in [1.82, 2.24) is 29.3 Å². The van der Waals surface area contributed by atoms with Gasteiger partial charge in [0.15, 0.2) is 5.65 Å². The Kier molecular flexibility index (Phi) is 5.17. The number of allylic oxidation sites excluding steroid dienone is 1. The van der Waals surface area contributed by atoms with Crippen molar-refractivity contribution in [2.24, 2.45) is 0 Å². The Balaban J connectivity index is 1.53. The highest BCUT2D eigenvalue weighted by molar-refractivity contribution is 5.48. The lowest BCUT2D eigenvalue weighted by Crippen LogP contribution is -2.34. The number of nitrogen functional groups attached to an aromatic ring is 1. The number of likely N-dealkylation sites (tertiary alicyclic amines) is 1. The average molecular weight is 394 g/mol. The lowest BCUT2D eigenvalue weighted by molar-refractivity contribution is 0.198. The van der Waals surface area contributed by atoms with Crippen molar-refractivity contribution in [1.29, 1.82) is 0 Å². The van der Waals surface area contributed by atoms with E-state index in [-0.39, 0.29) is 0 Å². The summed E-state index contributed by atoms with van der Waals surface area (Å²) < 4.78 is 3.80. The van der Waals surface area contributed by atoms with Crippen LogP contribution in [0.25, 0.3) is 5.65 Å². The van der Waals surface area contributed by atoms with Crippen LogP contribution in [0.15, 0.2) is 24.3 Å². The summed E-state index contributed by atoms with van der Waals surface area (Å²) in [6.45, 7) is 16.1. The van der Waals surface area contributed by atoms with Gasteiger partial charge in [-0.3, -0.25) is 9.58 Å². The fourth-order valence-electron chi connectivity index (χ4n) is 4.38. The molecule has 2 N–H and O–H groups in total. The first-order valence-electron chi connectivity index (χ1n) is 10.3. The normalized spacial score (nSPS) is 17.9. The van der Waals surface area contributed by atoms with Crippen molar-refractivity contribution in [3.05, 3.63) is 52.6 Å². The van der Waals surface area contributed by atoms with Crippen LogP contribution < -0.4 is 5.73 Å². The fraction of sp³-hybridized carbons (Fsp3) is 0.500. The summed E-state index contributed by atoms with van der Waals surface area (Å²) in [6, 6.07) is 3.98. The molecule has 1 aliphatic rings. The Labute approximate surface area is 172 Å². The van der Waals surface area contributed by atoms with Gasteiger partial charge in [0.05, 0.1) is 23.6 Å². The predicted molar refractivity (Wildman–Crippen MR) is 116 cm³/mol. The van der Waals surface area contributed by atoms with Crippen LogP contribution in [0.2, 0.25) is 0 Å². The van der Waals surface area contributed by atoms with E-state index in [0.29, 0.717) is 11.7 Å². The van der Waals surface area contributed by atoms with Gasteiger partial charge in [-0.2, -0.15) is 14.7 Å². The SMILES string of the molecule is C=C(C)Cn1nc(C)c(CN2CCCC(c3cc(N)n4nc(C)cc4n3)C2)c1C. The summed E-state index contributed by atoms with van der Waals surface area (Å²) in [5.41, 5.74) is 13.9. The van der Waals surface area contributed by atoms with Crippen molar-refractivity contribution in [3.8, 4) is 0 Å². The number of rotatable bonds is 5. The largest absolute Gasteiger partial charge is 0.384 e. The number of hydrogen-bond acceptors (Lipinski definition) is 5. The summed E-state index contributed by atoms with van der Waals surface area (Å²) >= 11 is 0. The van der Waals surface area contributed by atoms with Gasteiger partial charge in [0, 0.05) is 42.4 Å². The Morgan fingerprint density at radius 1 is 1.24 bits per heavy atom. The third-order valence-corrected chi connectivity index (χ3v) is 5.85. The molecule has 4 rings (SSSR count). The van der Waals surface area contributed by atoms with Gasteiger partial charge in [0.2, 0.25) is 0 Å². The van der Waals surface area contributed by atoms with Gasteiger partial charge in [-0.1, -0.05) is 12.2 Å². The minimum absolute atomic E-state index is 0.386. The molecule has 7 heteroatoms. The molecule has 0 amide bonds. The van der Waals surface area contributed by atoms with E-state index in [4.69, 9.17) is 15.8 Å². The number of aryl methyl sites for hydroxylation is 2. The van der Waals surface area contributed by atoms with E-state index in [0.717, 1.165) is 67.3 Å². The highest BCUT2D eigenvalue weighted by Gasteiger charge is 2.25. The monoisotopic (exact) mass is 393 g/mol. The van der Waals surface area contributed by atoms with Crippen molar-refractivity contribution >= 4 is 11.5 Å². The molecular formula is C22H31N7. The number of hydrogen-bond donors (Lipinski definition) is 1. The van der Waals surface area contributed by atoms with E-state index in [9.17, 15) is 0 Å². The molecule has 3 aromatic heterocycles. The molecule has 0 spiro atoms. The number of nitrogens with two attached hydrogens (primary N) is 1. The minimum Gasteiger partial charge on any atom is -0.384 e. The summed E-state index contributed by atoms with van der Waals surface area (Å²) in [5, 5.41) is 9.15. The van der Waals surface area contributed by atoms with Crippen molar-refractivity contribution in [3.63, 3.8) is 0 Å². The highest BCUT2D eigenvalue weighted by Crippen LogP contribution is 2.29. The Morgan fingerprint density at radius 2 is 2.03 bits per heavy atom. The maximum atomic E-state index is 6.25. The number of nitrogens with zero attached hydrogens (tertiary/aromatic N) is 6. The summed E-state index contributed by atoms with van der Waals surface area (Å²) in [6.07, 6.45) is 2.30. The third-order valence-electron chi connectivity index (χ3n) is 5.85. The van der Waals surface area contributed by atoms with Gasteiger partial charge in [-0.25, -0.2) is 4.98 Å². The molecular weight excluding hydrogens is 362 g/mol. The van der Waals surface area contributed by atoms with E-state index in [1.54, 1.807) is 4.52 Å². The van der Waals surface area contributed by atoms with Gasteiger partial charge >= 0.3 is 0 Å². The van der Waals surface area contributed by atoms with Crippen LogP contribution in [0.3, 0.4) is 0 Å². The molecule has 0 aliphatic carbocycles. The molecule has 0 saturated carbocycles. The third kappa shape index (κ3) is 3.92. The van der Waals surface area contributed by atoms with Crippen molar-refractivity contribution < 1.29 is 0 Å². The number of piperidine rings is 1. The molecule has 1 fully saturated rings. The van der Waals surface area contributed by atoms with E-state index >= 15 is 0 Å². The van der Waals surface area contributed by atoms with E-state index in [1.807, 2.05) is 26.0 Å². The van der Waals surface area contributed by atoms with Crippen LogP contribution in [0.5, 0.6) is 0 Å². The molecule has 0 bridgehead atoms. The van der Waals surface area contributed by atoms with Gasteiger partial charge in [0.25, 0.3) is 0 Å². The Bertz CT molecular complexity index is 1060. The zero-order valence-corrected chi connectivity index (χ0v) is 17.9. The maximum absolute atomic E-state index is 6.25. The van der Waals surface area contributed by atoms with Crippen LogP contribution in [0.1, 0.15) is 54.0 Å². The molecule has 1 atom stereocenters. The van der Waals surface area contributed by atoms with E-state index in [1.165, 1.54) is 11.3 Å². The lowest BCUT2D eigenvalue weighted by atomic mass is 9.94. The van der Waals surface area contributed by atoms with Gasteiger partial charge in [-0.15, -0.1) is 0 Å². The van der Waals surface area contributed by atoms with Crippen LogP contribution in [0, 0.1) is 20.8 Å². The quantitative estimate of drug-likeness (QED) is 0.673. The van der Waals surface area contributed by atoms with Crippen LogP contribution in [-0.4, -0.2) is 42.4 Å². The molecule has 1 unspecified atom stereocenters. The first-order chi connectivity index (χ1) is 13.8. The Hall–Kier alpha value is -2.67. The molecule has 7 nitrogen and oxygen atoms in total. The number of fused-ring (bicyclic) bond motifs is 1. The maximum Gasteiger partial charge on any atom is 0.157 e. The number of aromatic nitrogens is 5. The molecule has 4 heterocycles. The van der Waals surface area contributed by atoms with Gasteiger partial charge in [0.1, 0.15) is 5.82 Å². The summed E-state index contributed by atoms with van der Waals surface area (Å²) in [5.74, 6) is 1.04. The topological polar surface area (TPSA) is 77.3 Å². The zero-order valence-electron chi connectivity index (χ0n) is 17.9. The molecule has 1 saturated heterocycles. The minimum atomic E-state index is 0.386. The molecule has 0 radical (unpaired) electrons. The number of anilines is 1. The van der Waals surface area contributed by atoms with Crippen molar-refractivity contribution in [2.45, 2.75) is 59.5 Å². The standard InChI is InChI=1S/C22H31N7/c1-14(2)11-28-17(5)19(16(4)26-28)13-27-8-6-7-18(12-27)20-10-21(23)29-22(24-20)9-15(3)25-29/h9-10,18H,1,6-8,11-13,23H2,2-5H3. The van der Waals surface area contributed by atoms with Crippen LogP contribution in [-0.2, 0) is 13.1 Å². The summed E-state index contributed by atoms with van der Waals surface area (Å²) in [7, 11) is 0. The van der Waals surface area contributed by atoms with E-state index in [2.05, 4.69) is 35.1 Å². The molecule has 1 aliphatic heterocycles. The second-order valence-corrected chi connectivity index (χ2v) is 8.50. The van der Waals surface area contributed by atoms with Gasteiger partial charge < -0.3 is 5.73 Å².